The predicted molar refractivity (Wildman–Crippen MR) is 64.9 cm³/mol. The van der Waals surface area contributed by atoms with E-state index in [1.807, 2.05) is 0 Å². The van der Waals surface area contributed by atoms with Crippen LogP contribution >= 0.6 is 0 Å². The highest BCUT2D eigenvalue weighted by Gasteiger charge is 2.24. The average molecular weight is 213 g/mol. The van der Waals surface area contributed by atoms with Gasteiger partial charge in [0.1, 0.15) is 0 Å². The summed E-state index contributed by atoms with van der Waals surface area (Å²) in [6.45, 7) is 5.98. The normalized spacial score (nSPS) is 29.0. The van der Waals surface area contributed by atoms with Gasteiger partial charge in [0.15, 0.2) is 0 Å². The summed E-state index contributed by atoms with van der Waals surface area (Å²) in [6, 6.07) is 0.558. The lowest BCUT2D eigenvalue weighted by Crippen LogP contribution is -2.39. The molecule has 0 amide bonds. The molecule has 90 valence electrons. The van der Waals surface area contributed by atoms with Gasteiger partial charge in [-0.1, -0.05) is 26.7 Å². The van der Waals surface area contributed by atoms with E-state index in [2.05, 4.69) is 19.2 Å². The summed E-state index contributed by atoms with van der Waals surface area (Å²) in [5, 5.41) is 12.7. The van der Waals surface area contributed by atoms with Crippen LogP contribution in [0.4, 0.5) is 0 Å². The van der Waals surface area contributed by atoms with Gasteiger partial charge in [0.2, 0.25) is 0 Å². The molecule has 2 heteroatoms. The third kappa shape index (κ3) is 4.52. The number of aliphatic hydroxyl groups is 1. The molecule has 0 saturated heterocycles. The lowest BCUT2D eigenvalue weighted by molar-refractivity contribution is 0.189. The Balaban J connectivity index is 2.33. The molecular weight excluding hydrogens is 186 g/mol. The molecule has 0 heterocycles. The van der Waals surface area contributed by atoms with Crippen molar-refractivity contribution < 1.29 is 5.11 Å². The standard InChI is InChI=1S/C13H27NO/c1-3-9-14-13(8-10-15)12-6-4-11(2)5-7-12/h11-15H,3-10H2,1-2H3. The van der Waals surface area contributed by atoms with E-state index in [0.717, 1.165) is 24.8 Å². The number of hydrogen-bond donors (Lipinski definition) is 2. The first-order valence-electron chi connectivity index (χ1n) is 6.62. The molecule has 0 spiro atoms. The molecule has 2 nitrogen and oxygen atoms in total. The van der Waals surface area contributed by atoms with Crippen LogP contribution in [-0.4, -0.2) is 24.3 Å². The molecule has 1 saturated carbocycles. The predicted octanol–water partition coefficient (Wildman–Crippen LogP) is 2.56. The fraction of sp³-hybridized carbons (Fsp3) is 1.00. The van der Waals surface area contributed by atoms with E-state index in [1.54, 1.807) is 0 Å². The second kappa shape index (κ2) is 7.24. The minimum Gasteiger partial charge on any atom is -0.396 e. The molecule has 1 fully saturated rings. The Bertz CT molecular complexity index is 153. The summed E-state index contributed by atoms with van der Waals surface area (Å²) in [4.78, 5) is 0. The Morgan fingerprint density at radius 3 is 2.47 bits per heavy atom. The smallest absolute Gasteiger partial charge is 0.0445 e. The van der Waals surface area contributed by atoms with Crippen molar-refractivity contribution in [2.24, 2.45) is 11.8 Å². The van der Waals surface area contributed by atoms with Crippen LogP contribution in [0, 0.1) is 11.8 Å². The van der Waals surface area contributed by atoms with Crippen molar-refractivity contribution in [2.75, 3.05) is 13.2 Å². The lowest BCUT2D eigenvalue weighted by atomic mass is 9.78. The molecule has 0 aromatic heterocycles. The molecule has 15 heavy (non-hydrogen) atoms. The van der Waals surface area contributed by atoms with Gasteiger partial charge in [-0.25, -0.2) is 0 Å². The van der Waals surface area contributed by atoms with Gasteiger partial charge in [0.05, 0.1) is 0 Å². The summed E-state index contributed by atoms with van der Waals surface area (Å²) in [5.74, 6) is 1.72. The maximum absolute atomic E-state index is 9.08. The number of rotatable bonds is 6. The topological polar surface area (TPSA) is 32.3 Å². The zero-order valence-corrected chi connectivity index (χ0v) is 10.3. The molecule has 0 aromatic carbocycles. The van der Waals surface area contributed by atoms with Crippen LogP contribution < -0.4 is 5.32 Å². The third-order valence-electron chi connectivity index (χ3n) is 3.73. The van der Waals surface area contributed by atoms with E-state index in [4.69, 9.17) is 5.11 Å². The van der Waals surface area contributed by atoms with Crippen LogP contribution in [0.1, 0.15) is 52.4 Å². The molecule has 1 aliphatic rings. The molecule has 0 aromatic rings. The van der Waals surface area contributed by atoms with Crippen LogP contribution in [0.15, 0.2) is 0 Å². The SMILES string of the molecule is CCCNC(CCO)C1CCC(C)CC1. The van der Waals surface area contributed by atoms with Gasteiger partial charge in [0.25, 0.3) is 0 Å². The van der Waals surface area contributed by atoms with Crippen molar-refractivity contribution in [1.29, 1.82) is 0 Å². The quantitative estimate of drug-likeness (QED) is 0.711. The third-order valence-corrected chi connectivity index (χ3v) is 3.73. The average Bonchev–Trinajstić information content (AvgIpc) is 2.25. The first-order valence-corrected chi connectivity index (χ1v) is 6.62. The van der Waals surface area contributed by atoms with Crippen molar-refractivity contribution in [2.45, 2.75) is 58.4 Å². The van der Waals surface area contributed by atoms with E-state index >= 15 is 0 Å². The van der Waals surface area contributed by atoms with Gasteiger partial charge in [-0.15, -0.1) is 0 Å². The fourth-order valence-corrected chi connectivity index (χ4v) is 2.66. The maximum atomic E-state index is 9.08. The first-order chi connectivity index (χ1) is 7.27. The zero-order chi connectivity index (χ0) is 11.1. The molecule has 0 bridgehead atoms. The first kappa shape index (κ1) is 13.0. The van der Waals surface area contributed by atoms with Gasteiger partial charge in [0, 0.05) is 12.6 Å². The summed E-state index contributed by atoms with van der Waals surface area (Å²) < 4.78 is 0. The second-order valence-corrected chi connectivity index (χ2v) is 5.09. The summed E-state index contributed by atoms with van der Waals surface area (Å²) in [6.07, 6.45) is 7.57. The van der Waals surface area contributed by atoms with E-state index in [1.165, 1.54) is 32.1 Å². The molecule has 2 N–H and O–H groups in total. The summed E-state index contributed by atoms with van der Waals surface area (Å²) >= 11 is 0. The van der Waals surface area contributed by atoms with E-state index < -0.39 is 0 Å². The van der Waals surface area contributed by atoms with Crippen molar-refractivity contribution in [3.8, 4) is 0 Å². The number of aliphatic hydroxyl groups excluding tert-OH is 1. The van der Waals surface area contributed by atoms with Crippen LogP contribution in [0.3, 0.4) is 0 Å². The van der Waals surface area contributed by atoms with Crippen LogP contribution in [0.5, 0.6) is 0 Å². The largest absolute Gasteiger partial charge is 0.396 e. The second-order valence-electron chi connectivity index (χ2n) is 5.09. The van der Waals surface area contributed by atoms with Crippen molar-refractivity contribution >= 4 is 0 Å². The Labute approximate surface area is 94.5 Å². The minimum atomic E-state index is 0.327. The van der Waals surface area contributed by atoms with E-state index in [-0.39, 0.29) is 0 Å². The summed E-state index contributed by atoms with van der Waals surface area (Å²) in [5.41, 5.74) is 0. The van der Waals surface area contributed by atoms with Crippen LogP contribution in [-0.2, 0) is 0 Å². The van der Waals surface area contributed by atoms with Crippen LogP contribution in [0.2, 0.25) is 0 Å². The lowest BCUT2D eigenvalue weighted by Gasteiger charge is -2.33. The van der Waals surface area contributed by atoms with Gasteiger partial charge in [-0.3, -0.25) is 0 Å². The molecule has 1 unspecified atom stereocenters. The highest BCUT2D eigenvalue weighted by Crippen LogP contribution is 2.31. The van der Waals surface area contributed by atoms with Gasteiger partial charge in [-0.2, -0.15) is 0 Å². The van der Waals surface area contributed by atoms with Gasteiger partial charge >= 0.3 is 0 Å². The highest BCUT2D eigenvalue weighted by molar-refractivity contribution is 4.80. The minimum absolute atomic E-state index is 0.327. The Hall–Kier alpha value is -0.0800. The number of hydrogen-bond acceptors (Lipinski definition) is 2. The Morgan fingerprint density at radius 2 is 1.93 bits per heavy atom. The highest BCUT2D eigenvalue weighted by atomic mass is 16.3. The Kier molecular flexibility index (Phi) is 6.26. The number of nitrogens with one attached hydrogen (secondary N) is 1. The zero-order valence-electron chi connectivity index (χ0n) is 10.3. The maximum Gasteiger partial charge on any atom is 0.0445 e. The molecule has 1 atom stereocenters. The fourth-order valence-electron chi connectivity index (χ4n) is 2.66. The van der Waals surface area contributed by atoms with Crippen LogP contribution in [0.25, 0.3) is 0 Å². The van der Waals surface area contributed by atoms with Crippen molar-refractivity contribution in [3.63, 3.8) is 0 Å². The van der Waals surface area contributed by atoms with E-state index in [0.29, 0.717) is 12.6 Å². The molecule has 0 radical (unpaired) electrons. The van der Waals surface area contributed by atoms with Crippen molar-refractivity contribution in [1.82, 2.24) is 5.32 Å². The molecule has 1 aliphatic carbocycles. The van der Waals surface area contributed by atoms with Gasteiger partial charge < -0.3 is 10.4 Å². The molecule has 0 aliphatic heterocycles. The van der Waals surface area contributed by atoms with Crippen molar-refractivity contribution in [3.05, 3.63) is 0 Å². The molecular formula is C13H27NO. The monoisotopic (exact) mass is 213 g/mol. The Morgan fingerprint density at radius 1 is 1.27 bits per heavy atom. The van der Waals surface area contributed by atoms with Gasteiger partial charge in [-0.05, 0) is 44.1 Å². The summed E-state index contributed by atoms with van der Waals surface area (Å²) in [7, 11) is 0. The van der Waals surface area contributed by atoms with E-state index in [9.17, 15) is 0 Å². The molecule has 1 rings (SSSR count).